The van der Waals surface area contributed by atoms with Crippen molar-refractivity contribution in [1.29, 1.82) is 0 Å². The van der Waals surface area contributed by atoms with E-state index in [2.05, 4.69) is 0 Å². The standard InChI is InChI=1S/C13H27NO4/c1-7-8-16-11(15)18-13(5,6)12(3,4)9-17-10(2)14/h10H,7-9,14H2,1-6H3. The molecule has 1 unspecified atom stereocenters. The summed E-state index contributed by atoms with van der Waals surface area (Å²) in [7, 11) is 0. The lowest BCUT2D eigenvalue weighted by Crippen LogP contribution is -2.47. The van der Waals surface area contributed by atoms with Gasteiger partial charge in [-0.25, -0.2) is 4.79 Å². The van der Waals surface area contributed by atoms with Crippen LogP contribution in [0.1, 0.15) is 48.0 Å². The maximum Gasteiger partial charge on any atom is 0.508 e. The number of nitrogens with two attached hydrogens (primary N) is 1. The van der Waals surface area contributed by atoms with Crippen LogP contribution in [0.3, 0.4) is 0 Å². The number of carbonyl (C=O) groups is 1. The lowest BCUT2D eigenvalue weighted by Gasteiger charge is -2.40. The molecule has 18 heavy (non-hydrogen) atoms. The van der Waals surface area contributed by atoms with E-state index in [-0.39, 0.29) is 11.6 Å². The quantitative estimate of drug-likeness (QED) is 0.563. The maximum atomic E-state index is 11.5. The van der Waals surface area contributed by atoms with Crippen molar-refractivity contribution in [1.82, 2.24) is 0 Å². The first kappa shape index (κ1) is 17.2. The average molecular weight is 261 g/mol. The van der Waals surface area contributed by atoms with Gasteiger partial charge in [0.15, 0.2) is 0 Å². The topological polar surface area (TPSA) is 70.8 Å². The molecule has 0 aliphatic carbocycles. The Hall–Kier alpha value is -0.810. The van der Waals surface area contributed by atoms with Crippen LogP contribution in [-0.4, -0.2) is 31.2 Å². The molecular weight excluding hydrogens is 234 g/mol. The number of rotatable bonds is 7. The summed E-state index contributed by atoms with van der Waals surface area (Å²) in [4.78, 5) is 11.5. The van der Waals surface area contributed by atoms with Gasteiger partial charge in [-0.2, -0.15) is 0 Å². The van der Waals surface area contributed by atoms with Gasteiger partial charge < -0.3 is 19.9 Å². The first-order valence-electron chi connectivity index (χ1n) is 6.35. The third kappa shape index (κ3) is 5.69. The van der Waals surface area contributed by atoms with Gasteiger partial charge in [-0.3, -0.25) is 0 Å². The Morgan fingerprint density at radius 3 is 2.28 bits per heavy atom. The molecule has 0 saturated heterocycles. The monoisotopic (exact) mass is 261 g/mol. The normalized spacial score (nSPS) is 14.2. The molecule has 0 aromatic carbocycles. The van der Waals surface area contributed by atoms with Gasteiger partial charge in [-0.05, 0) is 27.2 Å². The van der Waals surface area contributed by atoms with Crippen LogP contribution >= 0.6 is 0 Å². The van der Waals surface area contributed by atoms with E-state index in [9.17, 15) is 4.79 Å². The summed E-state index contributed by atoms with van der Waals surface area (Å²) in [5, 5.41) is 0. The second kappa shape index (κ2) is 6.95. The predicted molar refractivity (Wildman–Crippen MR) is 70.2 cm³/mol. The fourth-order valence-electron chi connectivity index (χ4n) is 1.07. The number of carbonyl (C=O) groups excluding carboxylic acids is 1. The van der Waals surface area contributed by atoms with Crippen LogP contribution in [0.4, 0.5) is 4.79 Å². The molecular formula is C13H27NO4. The molecule has 108 valence electrons. The molecule has 0 aliphatic rings. The fourth-order valence-corrected chi connectivity index (χ4v) is 1.07. The van der Waals surface area contributed by atoms with Crippen molar-refractivity contribution in [2.75, 3.05) is 13.2 Å². The summed E-state index contributed by atoms with van der Waals surface area (Å²) in [6.07, 6.45) is -0.213. The molecule has 0 amide bonds. The van der Waals surface area contributed by atoms with Crippen LogP contribution in [0, 0.1) is 5.41 Å². The fraction of sp³-hybridized carbons (Fsp3) is 0.923. The van der Waals surface area contributed by atoms with Crippen molar-refractivity contribution in [3.63, 3.8) is 0 Å². The highest BCUT2D eigenvalue weighted by atomic mass is 16.7. The van der Waals surface area contributed by atoms with Gasteiger partial charge >= 0.3 is 6.16 Å². The molecule has 5 nitrogen and oxygen atoms in total. The molecule has 5 heteroatoms. The van der Waals surface area contributed by atoms with Crippen molar-refractivity contribution in [2.24, 2.45) is 11.1 Å². The van der Waals surface area contributed by atoms with Crippen LogP contribution in [-0.2, 0) is 14.2 Å². The molecule has 0 aliphatic heterocycles. The van der Waals surface area contributed by atoms with Crippen LogP contribution in [0.25, 0.3) is 0 Å². The Morgan fingerprint density at radius 1 is 1.28 bits per heavy atom. The molecule has 0 heterocycles. The van der Waals surface area contributed by atoms with Crippen LogP contribution in [0.15, 0.2) is 0 Å². The number of hydrogen-bond acceptors (Lipinski definition) is 5. The second-order valence-electron chi connectivity index (χ2n) is 5.61. The Morgan fingerprint density at radius 2 is 1.83 bits per heavy atom. The van der Waals surface area contributed by atoms with Gasteiger partial charge in [0, 0.05) is 5.41 Å². The summed E-state index contributed by atoms with van der Waals surface area (Å²) >= 11 is 0. The van der Waals surface area contributed by atoms with Gasteiger partial charge in [0.2, 0.25) is 0 Å². The van der Waals surface area contributed by atoms with E-state index in [0.717, 1.165) is 6.42 Å². The third-order valence-electron chi connectivity index (χ3n) is 3.10. The molecule has 0 aromatic rings. The maximum absolute atomic E-state index is 11.5. The van der Waals surface area contributed by atoms with Gasteiger partial charge in [-0.1, -0.05) is 20.8 Å². The van der Waals surface area contributed by atoms with E-state index in [1.165, 1.54) is 0 Å². The zero-order valence-corrected chi connectivity index (χ0v) is 12.4. The van der Waals surface area contributed by atoms with E-state index in [0.29, 0.717) is 13.2 Å². The van der Waals surface area contributed by atoms with Gasteiger partial charge in [0.05, 0.1) is 13.2 Å². The zero-order chi connectivity index (χ0) is 14.4. The van der Waals surface area contributed by atoms with Crippen molar-refractivity contribution in [3.05, 3.63) is 0 Å². The predicted octanol–water partition coefficient (Wildman–Crippen LogP) is 2.68. The highest BCUT2D eigenvalue weighted by Crippen LogP contribution is 2.34. The smallest absolute Gasteiger partial charge is 0.434 e. The Balaban J connectivity index is 4.44. The Labute approximate surface area is 110 Å². The lowest BCUT2D eigenvalue weighted by molar-refractivity contribution is -0.114. The molecule has 1 atom stereocenters. The summed E-state index contributed by atoms with van der Waals surface area (Å²) in [5.41, 5.74) is 4.48. The first-order valence-corrected chi connectivity index (χ1v) is 6.35. The van der Waals surface area contributed by atoms with Crippen molar-refractivity contribution >= 4 is 6.16 Å². The molecule has 0 fully saturated rings. The Kier molecular flexibility index (Phi) is 6.63. The van der Waals surface area contributed by atoms with Crippen molar-refractivity contribution in [2.45, 2.75) is 59.8 Å². The molecule has 0 rings (SSSR count). The minimum Gasteiger partial charge on any atom is -0.434 e. The van der Waals surface area contributed by atoms with Crippen LogP contribution in [0.2, 0.25) is 0 Å². The van der Waals surface area contributed by atoms with Gasteiger partial charge in [0.25, 0.3) is 0 Å². The highest BCUT2D eigenvalue weighted by Gasteiger charge is 2.41. The summed E-state index contributed by atoms with van der Waals surface area (Å²) in [6, 6.07) is 0. The first-order chi connectivity index (χ1) is 8.12. The SMILES string of the molecule is CCCOC(=O)OC(C)(C)C(C)(C)COC(C)N. The molecule has 0 bridgehead atoms. The van der Waals surface area contributed by atoms with E-state index < -0.39 is 11.8 Å². The third-order valence-corrected chi connectivity index (χ3v) is 3.10. The molecule has 0 aromatic heterocycles. The van der Waals surface area contributed by atoms with Crippen LogP contribution < -0.4 is 5.73 Å². The second-order valence-corrected chi connectivity index (χ2v) is 5.61. The molecule has 0 spiro atoms. The number of hydrogen-bond donors (Lipinski definition) is 1. The minimum absolute atomic E-state index is 0.341. The van der Waals surface area contributed by atoms with Gasteiger partial charge in [-0.15, -0.1) is 0 Å². The van der Waals surface area contributed by atoms with E-state index in [1.54, 1.807) is 6.92 Å². The minimum atomic E-state index is -0.702. The van der Waals surface area contributed by atoms with E-state index in [4.69, 9.17) is 19.9 Å². The zero-order valence-electron chi connectivity index (χ0n) is 12.4. The molecule has 0 radical (unpaired) electrons. The van der Waals surface area contributed by atoms with Crippen LogP contribution in [0.5, 0.6) is 0 Å². The summed E-state index contributed by atoms with van der Waals surface area (Å²) in [6.45, 7) is 12.1. The average Bonchev–Trinajstić information content (AvgIpc) is 2.22. The highest BCUT2D eigenvalue weighted by molar-refractivity contribution is 5.60. The summed E-state index contributed by atoms with van der Waals surface area (Å²) in [5.74, 6) is 0. The Bertz CT molecular complexity index is 262. The van der Waals surface area contributed by atoms with Crippen molar-refractivity contribution < 1.29 is 19.0 Å². The van der Waals surface area contributed by atoms with E-state index in [1.807, 2.05) is 34.6 Å². The van der Waals surface area contributed by atoms with Crippen molar-refractivity contribution in [3.8, 4) is 0 Å². The lowest BCUT2D eigenvalue weighted by atomic mass is 9.78. The van der Waals surface area contributed by atoms with Gasteiger partial charge in [0.1, 0.15) is 11.8 Å². The molecule has 0 saturated carbocycles. The molecule has 2 N–H and O–H groups in total. The summed E-state index contributed by atoms with van der Waals surface area (Å²) < 4.78 is 15.7. The van der Waals surface area contributed by atoms with E-state index >= 15 is 0 Å². The largest absolute Gasteiger partial charge is 0.508 e. The number of ether oxygens (including phenoxy) is 3.